The summed E-state index contributed by atoms with van der Waals surface area (Å²) >= 11 is 5.19. The van der Waals surface area contributed by atoms with E-state index in [-0.39, 0.29) is 11.0 Å². The van der Waals surface area contributed by atoms with E-state index in [1.807, 2.05) is 6.07 Å². The number of hydrogen-bond donors (Lipinski definition) is 2. The molecule has 6 heteroatoms. The van der Waals surface area contributed by atoms with Gasteiger partial charge in [-0.2, -0.15) is 5.26 Å². The first-order chi connectivity index (χ1) is 12.5. The Morgan fingerprint density at radius 2 is 1.88 bits per heavy atom. The van der Waals surface area contributed by atoms with Crippen molar-refractivity contribution >= 4 is 28.9 Å². The van der Waals surface area contributed by atoms with Crippen LogP contribution in [0.5, 0.6) is 5.75 Å². The Kier molecular flexibility index (Phi) is 7.12. The second-order valence-corrected chi connectivity index (χ2v) is 6.50. The van der Waals surface area contributed by atoms with Crippen molar-refractivity contribution < 1.29 is 9.53 Å². The number of anilines is 1. The van der Waals surface area contributed by atoms with Gasteiger partial charge >= 0.3 is 0 Å². The topological polar surface area (TPSA) is 74.2 Å². The lowest BCUT2D eigenvalue weighted by Crippen LogP contribution is -2.34. The Morgan fingerprint density at radius 3 is 2.62 bits per heavy atom. The molecule has 5 nitrogen and oxygen atoms in total. The molecule has 134 valence electrons. The Hall–Kier alpha value is -2.91. The summed E-state index contributed by atoms with van der Waals surface area (Å²) in [4.78, 5) is 12.5. The summed E-state index contributed by atoms with van der Waals surface area (Å²) in [5, 5.41) is 14.7. The van der Waals surface area contributed by atoms with Crippen LogP contribution in [0, 0.1) is 17.2 Å². The number of thiocarbonyl (C=S) groups is 1. The third-order valence-electron chi connectivity index (χ3n) is 3.61. The number of nitriles is 1. The van der Waals surface area contributed by atoms with Gasteiger partial charge in [0, 0.05) is 0 Å². The van der Waals surface area contributed by atoms with Gasteiger partial charge in [0.05, 0.1) is 23.4 Å². The van der Waals surface area contributed by atoms with Crippen molar-refractivity contribution in [2.45, 2.75) is 20.3 Å². The minimum Gasteiger partial charge on any atom is -0.493 e. The molecule has 2 aromatic carbocycles. The van der Waals surface area contributed by atoms with E-state index in [2.05, 4.69) is 30.6 Å². The number of para-hydroxylation sites is 2. The van der Waals surface area contributed by atoms with E-state index in [0.29, 0.717) is 35.1 Å². The highest BCUT2D eigenvalue weighted by Gasteiger charge is 2.14. The zero-order chi connectivity index (χ0) is 18.9. The largest absolute Gasteiger partial charge is 0.493 e. The van der Waals surface area contributed by atoms with Gasteiger partial charge in [-0.05, 0) is 48.8 Å². The Bertz CT molecular complexity index is 828. The van der Waals surface area contributed by atoms with Gasteiger partial charge in [0.2, 0.25) is 0 Å². The van der Waals surface area contributed by atoms with Crippen LogP contribution in [0.15, 0.2) is 48.5 Å². The van der Waals surface area contributed by atoms with Crippen molar-refractivity contribution in [1.82, 2.24) is 5.32 Å². The van der Waals surface area contributed by atoms with Crippen molar-refractivity contribution in [3.63, 3.8) is 0 Å². The monoisotopic (exact) mass is 367 g/mol. The first-order valence-corrected chi connectivity index (χ1v) is 8.75. The second kappa shape index (κ2) is 9.54. The molecule has 0 heterocycles. The number of carbonyl (C=O) groups excluding carboxylic acids is 1. The van der Waals surface area contributed by atoms with Crippen molar-refractivity contribution in [2.24, 2.45) is 5.92 Å². The maximum atomic E-state index is 12.5. The first-order valence-electron chi connectivity index (χ1n) is 8.34. The van der Waals surface area contributed by atoms with Gasteiger partial charge in [-0.15, -0.1) is 0 Å². The third-order valence-corrected chi connectivity index (χ3v) is 3.81. The molecule has 2 rings (SSSR count). The number of rotatable bonds is 6. The van der Waals surface area contributed by atoms with Crippen LogP contribution in [-0.2, 0) is 0 Å². The van der Waals surface area contributed by atoms with E-state index in [0.717, 1.165) is 6.42 Å². The Morgan fingerprint density at radius 1 is 1.19 bits per heavy atom. The highest BCUT2D eigenvalue weighted by molar-refractivity contribution is 7.80. The summed E-state index contributed by atoms with van der Waals surface area (Å²) in [6.07, 6.45) is 0.904. The van der Waals surface area contributed by atoms with Gasteiger partial charge in [0.15, 0.2) is 5.11 Å². The minimum atomic E-state index is -0.364. The molecule has 0 spiro atoms. The van der Waals surface area contributed by atoms with E-state index >= 15 is 0 Å². The summed E-state index contributed by atoms with van der Waals surface area (Å²) in [5.74, 6) is 0.677. The first kappa shape index (κ1) is 19.4. The van der Waals surface area contributed by atoms with Crippen LogP contribution < -0.4 is 15.4 Å². The maximum absolute atomic E-state index is 12.5. The average molecular weight is 367 g/mol. The van der Waals surface area contributed by atoms with E-state index in [4.69, 9.17) is 22.2 Å². The van der Waals surface area contributed by atoms with E-state index in [1.54, 1.807) is 42.5 Å². The molecule has 0 saturated carbocycles. The minimum absolute atomic E-state index is 0.120. The number of amides is 1. The number of ether oxygens (including phenoxy) is 1. The van der Waals surface area contributed by atoms with Gasteiger partial charge < -0.3 is 10.1 Å². The molecule has 0 aliphatic rings. The van der Waals surface area contributed by atoms with Crippen molar-refractivity contribution in [3.05, 3.63) is 59.7 Å². The molecule has 0 radical (unpaired) electrons. The van der Waals surface area contributed by atoms with Crippen LogP contribution in [0.2, 0.25) is 0 Å². The van der Waals surface area contributed by atoms with Crippen LogP contribution in [0.1, 0.15) is 36.2 Å². The highest BCUT2D eigenvalue weighted by atomic mass is 32.1. The molecule has 0 bridgehead atoms. The van der Waals surface area contributed by atoms with Crippen molar-refractivity contribution in [2.75, 3.05) is 11.9 Å². The maximum Gasteiger partial charge on any atom is 0.261 e. The normalized spacial score (nSPS) is 10.1. The fourth-order valence-electron chi connectivity index (χ4n) is 2.20. The summed E-state index contributed by atoms with van der Waals surface area (Å²) in [6.45, 7) is 4.77. The number of carbonyl (C=O) groups is 1. The predicted molar refractivity (Wildman–Crippen MR) is 106 cm³/mol. The standard InChI is InChI=1S/C20H21N3O2S/c1-14(2)11-12-25-18-10-6-4-8-16(18)19(24)23-20(26)22-17-9-5-3-7-15(17)13-21/h3-10,14H,11-12H2,1-2H3,(H2,22,23,24,26). The molecule has 0 fully saturated rings. The van der Waals surface area contributed by atoms with Gasteiger partial charge in [0.25, 0.3) is 5.91 Å². The quantitative estimate of drug-likeness (QED) is 0.752. The number of benzene rings is 2. The molecule has 26 heavy (non-hydrogen) atoms. The molecule has 2 N–H and O–H groups in total. The van der Waals surface area contributed by atoms with Gasteiger partial charge in [0.1, 0.15) is 11.8 Å². The molecule has 0 unspecified atom stereocenters. The molecule has 0 saturated heterocycles. The van der Waals surface area contributed by atoms with Crippen LogP contribution >= 0.6 is 12.2 Å². The fourth-order valence-corrected chi connectivity index (χ4v) is 2.40. The fraction of sp³-hybridized carbons (Fsp3) is 0.250. The molecule has 0 aliphatic carbocycles. The van der Waals surface area contributed by atoms with E-state index in [1.165, 1.54) is 0 Å². The summed E-state index contributed by atoms with van der Waals surface area (Å²) in [7, 11) is 0. The average Bonchev–Trinajstić information content (AvgIpc) is 2.62. The van der Waals surface area contributed by atoms with Crippen molar-refractivity contribution in [1.29, 1.82) is 5.26 Å². The smallest absolute Gasteiger partial charge is 0.261 e. The third kappa shape index (κ3) is 5.57. The molecular weight excluding hydrogens is 346 g/mol. The van der Waals surface area contributed by atoms with Gasteiger partial charge in [-0.1, -0.05) is 38.1 Å². The van der Waals surface area contributed by atoms with E-state index in [9.17, 15) is 4.79 Å². The number of nitrogens with one attached hydrogen (secondary N) is 2. The number of hydrogen-bond acceptors (Lipinski definition) is 4. The predicted octanol–water partition coefficient (Wildman–Crippen LogP) is 4.11. The summed E-state index contributed by atoms with van der Waals surface area (Å²) in [5.41, 5.74) is 1.40. The molecular formula is C20H21N3O2S. The van der Waals surface area contributed by atoms with Crippen molar-refractivity contribution in [3.8, 4) is 11.8 Å². The molecule has 2 aromatic rings. The van der Waals surface area contributed by atoms with Gasteiger partial charge in [-0.3, -0.25) is 10.1 Å². The lowest BCUT2D eigenvalue weighted by atomic mass is 10.1. The van der Waals surface area contributed by atoms with Crippen LogP contribution in [0.4, 0.5) is 5.69 Å². The van der Waals surface area contributed by atoms with Gasteiger partial charge in [-0.25, -0.2) is 0 Å². The molecule has 1 amide bonds. The zero-order valence-electron chi connectivity index (χ0n) is 14.8. The van der Waals surface area contributed by atoms with Crippen LogP contribution in [0.25, 0.3) is 0 Å². The molecule has 0 aliphatic heterocycles. The highest BCUT2D eigenvalue weighted by Crippen LogP contribution is 2.19. The van der Waals surface area contributed by atoms with Crippen LogP contribution in [0.3, 0.4) is 0 Å². The Labute approximate surface area is 159 Å². The van der Waals surface area contributed by atoms with E-state index < -0.39 is 0 Å². The second-order valence-electron chi connectivity index (χ2n) is 6.09. The molecule has 0 aromatic heterocycles. The summed E-state index contributed by atoms with van der Waals surface area (Å²) < 4.78 is 5.74. The Balaban J connectivity index is 2.03. The zero-order valence-corrected chi connectivity index (χ0v) is 15.6. The molecule has 0 atom stereocenters. The number of nitrogens with zero attached hydrogens (tertiary/aromatic N) is 1. The SMILES string of the molecule is CC(C)CCOc1ccccc1C(=O)NC(=S)Nc1ccccc1C#N. The lowest BCUT2D eigenvalue weighted by Gasteiger charge is -2.14. The van der Waals surface area contributed by atoms with Crippen LogP contribution in [-0.4, -0.2) is 17.6 Å². The lowest BCUT2D eigenvalue weighted by molar-refractivity contribution is 0.0973. The summed E-state index contributed by atoms with van der Waals surface area (Å²) in [6, 6.07) is 16.0.